The average molecular weight is 358 g/mol. The fraction of sp³-hybridized carbons (Fsp3) is 0.316. The molecular formula is C19H22N2O3S. The Labute approximate surface area is 148 Å². The second-order valence-corrected chi connectivity index (χ2v) is 8.37. The van der Waals surface area contributed by atoms with Crippen LogP contribution in [0.3, 0.4) is 0 Å². The van der Waals surface area contributed by atoms with Gasteiger partial charge in [-0.15, -0.1) is 0 Å². The van der Waals surface area contributed by atoms with Crippen LogP contribution in [0, 0.1) is 0 Å². The lowest BCUT2D eigenvalue weighted by Crippen LogP contribution is -2.48. The zero-order chi connectivity index (χ0) is 17.9. The van der Waals surface area contributed by atoms with E-state index in [0.717, 1.165) is 25.9 Å². The van der Waals surface area contributed by atoms with E-state index in [1.807, 2.05) is 18.2 Å². The van der Waals surface area contributed by atoms with Crippen LogP contribution in [0.25, 0.3) is 0 Å². The van der Waals surface area contributed by atoms with Gasteiger partial charge in [-0.1, -0.05) is 36.4 Å². The van der Waals surface area contributed by atoms with E-state index in [0.29, 0.717) is 18.7 Å². The quantitative estimate of drug-likeness (QED) is 0.839. The standard InChI is InChI=1S/C19H22N2O3S/c1-25(23,24)18-9-5-8-17(14-18)19(22)21-12-10-20(11-13-21)15-16-6-3-2-4-7-16/h2-9,14H,10-13,15H2,1H3. The molecular weight excluding hydrogens is 336 g/mol. The van der Waals surface area contributed by atoms with Gasteiger partial charge in [0, 0.05) is 44.5 Å². The molecule has 132 valence electrons. The molecule has 1 aliphatic heterocycles. The molecule has 2 aromatic rings. The summed E-state index contributed by atoms with van der Waals surface area (Å²) in [5, 5.41) is 0. The minimum atomic E-state index is -3.31. The van der Waals surface area contributed by atoms with Gasteiger partial charge in [0.05, 0.1) is 4.90 Å². The molecule has 0 aromatic heterocycles. The Morgan fingerprint density at radius 3 is 2.28 bits per heavy atom. The Hall–Kier alpha value is -2.18. The molecule has 0 N–H and O–H groups in total. The number of carbonyl (C=O) groups is 1. The first kappa shape index (κ1) is 17.6. The lowest BCUT2D eigenvalue weighted by Gasteiger charge is -2.34. The highest BCUT2D eigenvalue weighted by Gasteiger charge is 2.23. The number of sulfone groups is 1. The zero-order valence-electron chi connectivity index (χ0n) is 14.3. The van der Waals surface area contributed by atoms with E-state index in [1.54, 1.807) is 17.0 Å². The van der Waals surface area contributed by atoms with Gasteiger partial charge in [0.2, 0.25) is 0 Å². The fourth-order valence-electron chi connectivity index (χ4n) is 2.99. The maximum Gasteiger partial charge on any atom is 0.253 e. The summed E-state index contributed by atoms with van der Waals surface area (Å²) in [5.74, 6) is -0.107. The van der Waals surface area contributed by atoms with Crippen LogP contribution in [-0.2, 0) is 16.4 Å². The Bertz CT molecular complexity index is 842. The normalized spacial score (nSPS) is 16.0. The molecule has 1 saturated heterocycles. The molecule has 0 atom stereocenters. The number of benzene rings is 2. The van der Waals surface area contributed by atoms with Crippen molar-refractivity contribution in [3.8, 4) is 0 Å². The van der Waals surface area contributed by atoms with E-state index in [-0.39, 0.29) is 10.8 Å². The lowest BCUT2D eigenvalue weighted by atomic mass is 10.1. The number of amides is 1. The maximum atomic E-state index is 12.7. The van der Waals surface area contributed by atoms with E-state index in [1.165, 1.54) is 17.7 Å². The molecule has 0 aliphatic carbocycles. The van der Waals surface area contributed by atoms with Crippen molar-refractivity contribution < 1.29 is 13.2 Å². The van der Waals surface area contributed by atoms with Gasteiger partial charge < -0.3 is 4.90 Å². The van der Waals surface area contributed by atoms with Gasteiger partial charge in [-0.2, -0.15) is 0 Å². The molecule has 3 rings (SSSR count). The summed E-state index contributed by atoms with van der Waals surface area (Å²) < 4.78 is 23.3. The second-order valence-electron chi connectivity index (χ2n) is 6.35. The molecule has 0 unspecified atom stereocenters. The lowest BCUT2D eigenvalue weighted by molar-refractivity contribution is 0.0628. The van der Waals surface area contributed by atoms with Crippen LogP contribution in [0.2, 0.25) is 0 Å². The van der Waals surface area contributed by atoms with Gasteiger partial charge in [0.15, 0.2) is 9.84 Å². The van der Waals surface area contributed by atoms with Gasteiger partial charge in [0.25, 0.3) is 5.91 Å². The molecule has 1 amide bonds. The molecule has 0 radical (unpaired) electrons. The molecule has 1 aliphatic rings. The number of carbonyl (C=O) groups excluding carboxylic acids is 1. The predicted molar refractivity (Wildman–Crippen MR) is 97.2 cm³/mol. The largest absolute Gasteiger partial charge is 0.336 e. The van der Waals surface area contributed by atoms with Gasteiger partial charge in [0.1, 0.15) is 0 Å². The van der Waals surface area contributed by atoms with Gasteiger partial charge >= 0.3 is 0 Å². The number of hydrogen-bond acceptors (Lipinski definition) is 4. The van der Waals surface area contributed by atoms with E-state index in [4.69, 9.17) is 0 Å². The van der Waals surface area contributed by atoms with Crippen LogP contribution >= 0.6 is 0 Å². The highest BCUT2D eigenvalue weighted by Crippen LogP contribution is 2.15. The molecule has 6 heteroatoms. The third-order valence-electron chi connectivity index (χ3n) is 4.42. The molecule has 25 heavy (non-hydrogen) atoms. The van der Waals surface area contributed by atoms with E-state index >= 15 is 0 Å². The summed E-state index contributed by atoms with van der Waals surface area (Å²) in [4.78, 5) is 17.0. The van der Waals surface area contributed by atoms with Crippen LogP contribution in [0.5, 0.6) is 0 Å². The first-order valence-corrected chi connectivity index (χ1v) is 10.2. The third-order valence-corrected chi connectivity index (χ3v) is 5.53. The van der Waals surface area contributed by atoms with Crippen LogP contribution in [-0.4, -0.2) is 56.6 Å². The van der Waals surface area contributed by atoms with Crippen molar-refractivity contribution in [1.29, 1.82) is 0 Å². The smallest absolute Gasteiger partial charge is 0.253 e. The Kier molecular flexibility index (Phi) is 5.20. The minimum Gasteiger partial charge on any atom is -0.336 e. The Morgan fingerprint density at radius 2 is 1.64 bits per heavy atom. The summed E-state index contributed by atoms with van der Waals surface area (Å²) >= 11 is 0. The van der Waals surface area contributed by atoms with Crippen molar-refractivity contribution in [3.63, 3.8) is 0 Å². The topological polar surface area (TPSA) is 57.7 Å². The zero-order valence-corrected chi connectivity index (χ0v) is 15.1. The number of nitrogens with zero attached hydrogens (tertiary/aromatic N) is 2. The van der Waals surface area contributed by atoms with Gasteiger partial charge in [-0.25, -0.2) is 8.42 Å². The summed E-state index contributed by atoms with van der Waals surface area (Å²) in [7, 11) is -3.31. The Morgan fingerprint density at radius 1 is 0.960 bits per heavy atom. The van der Waals surface area contributed by atoms with Crippen LogP contribution < -0.4 is 0 Å². The van der Waals surface area contributed by atoms with Crippen LogP contribution in [0.4, 0.5) is 0 Å². The highest BCUT2D eigenvalue weighted by atomic mass is 32.2. The predicted octanol–water partition coefficient (Wildman–Crippen LogP) is 2.05. The number of piperazine rings is 1. The highest BCUT2D eigenvalue weighted by molar-refractivity contribution is 7.90. The third kappa shape index (κ3) is 4.46. The van der Waals surface area contributed by atoms with Crippen molar-refractivity contribution in [2.45, 2.75) is 11.4 Å². The summed E-state index contributed by atoms with van der Waals surface area (Å²) in [6.07, 6.45) is 1.15. The number of rotatable bonds is 4. The minimum absolute atomic E-state index is 0.107. The molecule has 1 fully saturated rings. The van der Waals surface area contributed by atoms with Crippen molar-refractivity contribution in [2.75, 3.05) is 32.4 Å². The first-order chi connectivity index (χ1) is 11.9. The molecule has 0 saturated carbocycles. The second kappa shape index (κ2) is 7.37. The molecule has 5 nitrogen and oxygen atoms in total. The van der Waals surface area contributed by atoms with E-state index in [2.05, 4.69) is 17.0 Å². The molecule has 0 spiro atoms. The molecule has 0 bridgehead atoms. The van der Waals surface area contributed by atoms with Crippen molar-refractivity contribution in [1.82, 2.24) is 9.80 Å². The first-order valence-electron chi connectivity index (χ1n) is 8.29. The summed E-state index contributed by atoms with van der Waals surface area (Å²) in [6, 6.07) is 16.6. The molecule has 1 heterocycles. The fourth-order valence-corrected chi connectivity index (χ4v) is 3.66. The maximum absolute atomic E-state index is 12.7. The van der Waals surface area contributed by atoms with E-state index in [9.17, 15) is 13.2 Å². The summed E-state index contributed by atoms with van der Waals surface area (Å²) in [5.41, 5.74) is 1.70. The van der Waals surface area contributed by atoms with Gasteiger partial charge in [-0.3, -0.25) is 9.69 Å². The van der Waals surface area contributed by atoms with Gasteiger partial charge in [-0.05, 0) is 23.8 Å². The number of hydrogen-bond donors (Lipinski definition) is 0. The average Bonchev–Trinajstić information content (AvgIpc) is 2.62. The van der Waals surface area contributed by atoms with Crippen LogP contribution in [0.15, 0.2) is 59.5 Å². The SMILES string of the molecule is CS(=O)(=O)c1cccc(C(=O)N2CCN(Cc3ccccc3)CC2)c1. The Balaban J connectivity index is 1.62. The monoisotopic (exact) mass is 358 g/mol. The molecule has 2 aromatic carbocycles. The van der Waals surface area contributed by atoms with Crippen molar-refractivity contribution >= 4 is 15.7 Å². The summed E-state index contributed by atoms with van der Waals surface area (Å²) in [6.45, 7) is 3.80. The van der Waals surface area contributed by atoms with Crippen molar-refractivity contribution in [3.05, 3.63) is 65.7 Å². The van der Waals surface area contributed by atoms with Crippen molar-refractivity contribution in [2.24, 2.45) is 0 Å². The van der Waals surface area contributed by atoms with E-state index < -0.39 is 9.84 Å². The van der Waals surface area contributed by atoms with Crippen LogP contribution in [0.1, 0.15) is 15.9 Å².